The quantitative estimate of drug-likeness (QED) is 0.439. The van der Waals surface area contributed by atoms with Crippen molar-refractivity contribution in [1.29, 1.82) is 0 Å². The summed E-state index contributed by atoms with van der Waals surface area (Å²) < 4.78 is 9.50. The number of hydrogen-bond donors (Lipinski definition) is 0. The van der Waals surface area contributed by atoms with Crippen molar-refractivity contribution >= 4 is 0 Å². The summed E-state index contributed by atoms with van der Waals surface area (Å²) >= 11 is 0. The number of halogens is 5. The Hall–Kier alpha value is -0.350. The molecule has 0 bridgehead atoms. The zero-order valence-electron chi connectivity index (χ0n) is 3.01. The lowest BCUT2D eigenvalue weighted by Gasteiger charge is -1.10. The van der Waals surface area contributed by atoms with E-state index >= 15 is 0 Å². The summed E-state index contributed by atoms with van der Waals surface area (Å²) in [6, 6.07) is 0. The zero-order valence-corrected chi connectivity index (χ0v) is 3.01. The third kappa shape index (κ3) is 614. The van der Waals surface area contributed by atoms with E-state index in [0.717, 1.165) is 0 Å². The minimum atomic E-state index is 0. The molecule has 0 saturated heterocycles. The van der Waals surface area contributed by atoms with Gasteiger partial charge in [-0.3, -0.25) is 23.2 Å². The topological polar surface area (TPSA) is 0 Å². The van der Waals surface area contributed by atoms with Crippen molar-refractivity contribution < 1.29 is 23.2 Å². The van der Waals surface area contributed by atoms with Gasteiger partial charge in [-0.1, -0.05) is 7.43 Å². The van der Waals surface area contributed by atoms with Crippen LogP contribution < -0.4 is 0 Å². The molecule has 0 atom stereocenters. The molecule has 0 amide bonds. The average Bonchev–Trinajstić information content (AvgIpc) is 1.00. The summed E-state index contributed by atoms with van der Waals surface area (Å²) in [5, 5.41) is 0. The van der Waals surface area contributed by atoms with Gasteiger partial charge >= 0.3 is 0 Å². The van der Waals surface area contributed by atoms with Gasteiger partial charge in [-0.05, 0) is 0 Å². The maximum Gasteiger partial charge on any atom is 0.0785 e. The van der Waals surface area contributed by atoms with Gasteiger partial charge in [0.1, 0.15) is 0 Å². The Morgan fingerprint density at radius 2 is 0.714 bits per heavy atom. The van der Waals surface area contributed by atoms with Crippen LogP contribution in [0.2, 0.25) is 0 Å². The standard InChI is InChI=1S/CH3F.CH4.4FH/c1-2;;;;;/h1H3;1H4;4*1H. The van der Waals surface area contributed by atoms with Gasteiger partial charge in [0, 0.05) is 0 Å². The Kier molecular flexibility index (Phi) is 71600. The molecule has 5 heteroatoms. The second-order valence-corrected chi connectivity index (χ2v) is 0. The van der Waals surface area contributed by atoms with Crippen LogP contribution in [-0.4, -0.2) is 7.18 Å². The van der Waals surface area contributed by atoms with Crippen LogP contribution in [0, 0.1) is 0 Å². The highest BCUT2D eigenvalue weighted by atomic mass is 19.1. The molecule has 0 aliphatic rings. The Bertz CT molecular complexity index is 6.04. The Morgan fingerprint density at radius 1 is 0.714 bits per heavy atom. The highest BCUT2D eigenvalue weighted by Gasteiger charge is 0.926. The summed E-state index contributed by atoms with van der Waals surface area (Å²) in [7, 11) is 0.500. The molecule has 54 valence electrons. The third-order valence-electron chi connectivity index (χ3n) is 0. The molecule has 0 saturated carbocycles. The minimum absolute atomic E-state index is 0. The van der Waals surface area contributed by atoms with Crippen molar-refractivity contribution in [3.8, 4) is 0 Å². The number of alkyl halides is 1. The third-order valence-corrected chi connectivity index (χ3v) is 0. The molecule has 0 fully saturated rings. The van der Waals surface area contributed by atoms with Gasteiger partial charge < -0.3 is 0 Å². The van der Waals surface area contributed by atoms with Crippen LogP contribution in [0.1, 0.15) is 7.43 Å². The molecule has 0 nitrogen and oxygen atoms in total. The fourth-order valence-electron chi connectivity index (χ4n) is 0. The van der Waals surface area contributed by atoms with Gasteiger partial charge in [-0.2, -0.15) is 0 Å². The smallest absolute Gasteiger partial charge is 0.0785 e. The lowest BCUT2D eigenvalue weighted by atomic mass is 11.9. The van der Waals surface area contributed by atoms with Crippen molar-refractivity contribution in [1.82, 2.24) is 0 Å². The van der Waals surface area contributed by atoms with Gasteiger partial charge in [0.15, 0.2) is 0 Å². The lowest BCUT2D eigenvalue weighted by molar-refractivity contribution is 0.636. The molecule has 0 aromatic rings. The van der Waals surface area contributed by atoms with Crippen LogP contribution >= 0.6 is 0 Å². The molecule has 0 aromatic carbocycles. The number of rotatable bonds is 0. The van der Waals surface area contributed by atoms with E-state index in [1.807, 2.05) is 0 Å². The van der Waals surface area contributed by atoms with Crippen LogP contribution in [0.5, 0.6) is 0 Å². The van der Waals surface area contributed by atoms with E-state index in [1.54, 1.807) is 0 Å². The molecule has 7 heavy (non-hydrogen) atoms. The molecule has 0 aliphatic heterocycles. The first-order valence-corrected chi connectivity index (χ1v) is 0.378. The Balaban J connectivity index is -0.000000000500. The van der Waals surface area contributed by atoms with Gasteiger partial charge in [0.25, 0.3) is 0 Å². The molecule has 0 N–H and O–H groups in total. The first-order chi connectivity index (χ1) is 1.00. The molecule has 0 heterocycles. The average molecular weight is 130 g/mol. The van der Waals surface area contributed by atoms with Crippen molar-refractivity contribution in [2.75, 3.05) is 7.18 Å². The van der Waals surface area contributed by atoms with Gasteiger partial charge in [0.2, 0.25) is 0 Å². The number of hydrogen-bond acceptors (Lipinski definition) is 0. The highest BCUT2D eigenvalue weighted by Crippen LogP contribution is 1.16. The molecule has 0 rings (SSSR count). The molecule has 0 aliphatic carbocycles. The lowest BCUT2D eigenvalue weighted by Crippen LogP contribution is -0.939. The van der Waals surface area contributed by atoms with Gasteiger partial charge in [-0.15, -0.1) is 0 Å². The van der Waals surface area contributed by atoms with E-state index in [-0.39, 0.29) is 26.2 Å². The van der Waals surface area contributed by atoms with Crippen molar-refractivity contribution in [2.45, 2.75) is 7.43 Å². The first kappa shape index (κ1) is 502. The van der Waals surface area contributed by atoms with E-state index in [0.29, 0.717) is 7.18 Å². The van der Waals surface area contributed by atoms with Crippen molar-refractivity contribution in [3.05, 3.63) is 0 Å². The molecule has 0 unspecified atom stereocenters. The molecular formula is C2H11F5. The summed E-state index contributed by atoms with van der Waals surface area (Å²) in [5.41, 5.74) is 0. The van der Waals surface area contributed by atoms with Gasteiger partial charge in [-0.25, -0.2) is 0 Å². The van der Waals surface area contributed by atoms with E-state index in [1.165, 1.54) is 0 Å². The summed E-state index contributed by atoms with van der Waals surface area (Å²) in [5.74, 6) is 0. The summed E-state index contributed by atoms with van der Waals surface area (Å²) in [4.78, 5) is 0. The highest BCUT2D eigenvalue weighted by molar-refractivity contribution is 3.23. The molecular weight excluding hydrogens is 119 g/mol. The van der Waals surface area contributed by atoms with Crippen molar-refractivity contribution in [3.63, 3.8) is 0 Å². The largest absolute Gasteiger partial charge is 0.269 e. The molecule has 0 radical (unpaired) electrons. The second kappa shape index (κ2) is 997. The second-order valence-electron chi connectivity index (χ2n) is 0. The van der Waals surface area contributed by atoms with Gasteiger partial charge in [0.05, 0.1) is 7.18 Å². The SMILES string of the molecule is C.CF.F.F.F.F. The maximum absolute atomic E-state index is 9.50. The normalized spacial score (nSPS) is 0.857. The van der Waals surface area contributed by atoms with E-state index in [2.05, 4.69) is 0 Å². The van der Waals surface area contributed by atoms with Crippen LogP contribution in [0.25, 0.3) is 0 Å². The summed E-state index contributed by atoms with van der Waals surface area (Å²) in [6.45, 7) is 0. The van der Waals surface area contributed by atoms with Crippen LogP contribution in [-0.2, 0) is 0 Å². The van der Waals surface area contributed by atoms with Crippen LogP contribution in [0.15, 0.2) is 0 Å². The Labute approximate surface area is 39.2 Å². The molecule has 0 aromatic heterocycles. The fourth-order valence-corrected chi connectivity index (χ4v) is 0. The predicted molar refractivity (Wildman–Crippen MR) is 23.8 cm³/mol. The van der Waals surface area contributed by atoms with Crippen molar-refractivity contribution in [2.24, 2.45) is 0 Å². The van der Waals surface area contributed by atoms with Crippen LogP contribution in [0.4, 0.5) is 23.2 Å². The zero-order chi connectivity index (χ0) is 2.00. The minimum Gasteiger partial charge on any atom is -0.269 e. The first-order valence-electron chi connectivity index (χ1n) is 0.378. The molecule has 0 spiro atoms. The van der Waals surface area contributed by atoms with E-state index in [9.17, 15) is 4.39 Å². The van der Waals surface area contributed by atoms with E-state index in [4.69, 9.17) is 0 Å². The fraction of sp³-hybridized carbons (Fsp3) is 1.00. The van der Waals surface area contributed by atoms with Crippen LogP contribution in [0.3, 0.4) is 0 Å². The van der Waals surface area contributed by atoms with E-state index < -0.39 is 0 Å². The predicted octanol–water partition coefficient (Wildman–Crippen LogP) is 1.83. The monoisotopic (exact) mass is 130 g/mol. The summed E-state index contributed by atoms with van der Waals surface area (Å²) in [6.07, 6.45) is 0. The maximum atomic E-state index is 9.50. The Morgan fingerprint density at radius 3 is 0.714 bits per heavy atom.